The molecule has 0 radical (unpaired) electrons. The van der Waals surface area contributed by atoms with E-state index in [1.54, 1.807) is 13.8 Å². The number of rotatable bonds is 10. The number of hydrazone groups is 1. The van der Waals surface area contributed by atoms with Crippen molar-refractivity contribution in [3.8, 4) is 17.2 Å². The lowest BCUT2D eigenvalue weighted by atomic mass is 9.71. The molecule has 1 heterocycles. The third-order valence-electron chi connectivity index (χ3n) is 9.17. The van der Waals surface area contributed by atoms with E-state index in [0.29, 0.717) is 0 Å². The zero-order valence-corrected chi connectivity index (χ0v) is 26.7. The molecular formula is C33H39N3O12. The van der Waals surface area contributed by atoms with E-state index in [2.05, 4.69) is 10.5 Å². The fourth-order valence-electron chi connectivity index (χ4n) is 6.51. The Morgan fingerprint density at radius 1 is 1.12 bits per heavy atom. The summed E-state index contributed by atoms with van der Waals surface area (Å²) in [6.07, 6.45) is -5.19. The van der Waals surface area contributed by atoms with E-state index in [1.807, 2.05) is 0 Å². The summed E-state index contributed by atoms with van der Waals surface area (Å²) < 4.78 is 17.3. The molecule has 0 saturated carbocycles. The molecule has 1 aliphatic heterocycles. The second-order valence-electron chi connectivity index (χ2n) is 12.2. The molecule has 0 bridgehead atoms. The highest BCUT2D eigenvalue weighted by atomic mass is 16.7. The molecule has 15 heteroatoms. The Hall–Kier alpha value is -4.25. The Bertz CT molecular complexity index is 1680. The number of nitrogens with two attached hydrogens (primary N) is 1. The van der Waals surface area contributed by atoms with E-state index in [1.165, 1.54) is 25.3 Å². The number of aliphatic hydroxyl groups is 3. The summed E-state index contributed by atoms with van der Waals surface area (Å²) in [5, 5.41) is 59.9. The van der Waals surface area contributed by atoms with Gasteiger partial charge in [-0.2, -0.15) is 5.10 Å². The standard InChI is InChI=1S/C33H39N3O12/c1-4-15(38)8-9-22(39)36-35-21(13-37)33(45)11-17-25(20(12-33)48-23-10-18(34)28(40)14(2)47-23)32(44)27-26(30(17)42)29(41)16-6-5-7-19(46-3)24(16)31(27)43/h5-7,14,18,20,23,28,37,40,42,44-45H,4,8-13,34H2,1-3H3,(H,36,39)/b35-21+/t14?,18?,20-,23?,28?,33-/m0/s1. The van der Waals surface area contributed by atoms with Crippen LogP contribution < -0.4 is 15.9 Å². The number of nitrogens with zero attached hydrogens (tertiary/aromatic N) is 1. The van der Waals surface area contributed by atoms with Crippen molar-refractivity contribution in [3.05, 3.63) is 51.6 Å². The number of phenols is 2. The lowest BCUT2D eigenvalue weighted by Gasteiger charge is -2.43. The summed E-state index contributed by atoms with van der Waals surface area (Å²) in [6, 6.07) is 3.59. The SMILES string of the molecule is CCC(=O)CCC(=O)N/N=C(\CO)[C@]1(O)Cc2c(O)c3c(c(O)c2[C@@H](OC2CC(N)C(O)C(C)O2)C1)C(=O)c1c(OC)cccc1C3=O. The summed E-state index contributed by atoms with van der Waals surface area (Å²) in [5.41, 5.74) is 4.37. The van der Waals surface area contributed by atoms with Gasteiger partial charge in [-0.25, -0.2) is 5.43 Å². The summed E-state index contributed by atoms with van der Waals surface area (Å²) in [7, 11) is 1.32. The predicted molar refractivity (Wildman–Crippen MR) is 167 cm³/mol. The van der Waals surface area contributed by atoms with Crippen LogP contribution in [0.1, 0.15) is 95.0 Å². The third-order valence-corrected chi connectivity index (χ3v) is 9.17. The van der Waals surface area contributed by atoms with Gasteiger partial charge in [0.1, 0.15) is 28.6 Å². The van der Waals surface area contributed by atoms with Gasteiger partial charge in [0.05, 0.1) is 54.4 Å². The van der Waals surface area contributed by atoms with Crippen LogP contribution in [0.3, 0.4) is 0 Å². The minimum absolute atomic E-state index is 0.0110. The minimum atomic E-state index is -2.15. The van der Waals surface area contributed by atoms with Gasteiger partial charge in [-0.05, 0) is 13.0 Å². The molecule has 3 aliphatic rings. The van der Waals surface area contributed by atoms with Gasteiger partial charge in [-0.3, -0.25) is 19.2 Å². The van der Waals surface area contributed by atoms with Gasteiger partial charge in [0.25, 0.3) is 0 Å². The van der Waals surface area contributed by atoms with Gasteiger partial charge in [0.2, 0.25) is 11.7 Å². The molecule has 4 unspecified atom stereocenters. The van der Waals surface area contributed by atoms with Crippen LogP contribution in [0.15, 0.2) is 23.3 Å². The van der Waals surface area contributed by atoms with Gasteiger partial charge in [-0.15, -0.1) is 0 Å². The molecule has 1 amide bonds. The number of aliphatic hydroxyl groups excluding tert-OH is 2. The zero-order chi connectivity index (χ0) is 35.1. The summed E-state index contributed by atoms with van der Waals surface area (Å²) in [4.78, 5) is 51.7. The van der Waals surface area contributed by atoms with Crippen LogP contribution in [-0.2, 0) is 25.5 Å². The van der Waals surface area contributed by atoms with Crippen molar-refractivity contribution in [2.45, 2.75) is 88.6 Å². The summed E-state index contributed by atoms with van der Waals surface area (Å²) >= 11 is 0. The Labute approximate surface area is 275 Å². The first-order valence-corrected chi connectivity index (χ1v) is 15.6. The first kappa shape index (κ1) is 35.1. The topological polar surface area (TPSA) is 248 Å². The summed E-state index contributed by atoms with van der Waals surface area (Å²) in [5.74, 6) is -3.67. The first-order valence-electron chi connectivity index (χ1n) is 15.6. The molecule has 0 aromatic heterocycles. The smallest absolute Gasteiger partial charge is 0.240 e. The van der Waals surface area contributed by atoms with E-state index >= 15 is 0 Å². The Balaban J connectivity index is 1.61. The number of Topliss-reactive ketones (excluding diaryl/α,β-unsaturated/α-hetero) is 1. The average molecular weight is 670 g/mol. The van der Waals surface area contributed by atoms with Gasteiger partial charge in [0.15, 0.2) is 12.1 Å². The van der Waals surface area contributed by atoms with E-state index in [4.69, 9.17) is 19.9 Å². The highest BCUT2D eigenvalue weighted by Crippen LogP contribution is 2.52. The number of amides is 1. The number of fused-ring (bicyclic) bond motifs is 3. The second-order valence-corrected chi connectivity index (χ2v) is 12.2. The van der Waals surface area contributed by atoms with E-state index in [9.17, 15) is 44.7 Å². The number of benzene rings is 2. The maximum absolute atomic E-state index is 13.9. The Kier molecular flexibility index (Phi) is 10.0. The average Bonchev–Trinajstić information content (AvgIpc) is 3.06. The number of methoxy groups -OCH3 is 1. The van der Waals surface area contributed by atoms with Crippen molar-refractivity contribution in [2.24, 2.45) is 10.8 Å². The molecule has 1 saturated heterocycles. The van der Waals surface area contributed by atoms with Crippen LogP contribution in [0.25, 0.3) is 0 Å². The lowest BCUT2D eigenvalue weighted by molar-refractivity contribution is -0.245. The predicted octanol–water partition coefficient (Wildman–Crippen LogP) is 0.664. The van der Waals surface area contributed by atoms with Gasteiger partial charge in [0, 0.05) is 61.3 Å². The molecular weight excluding hydrogens is 630 g/mol. The van der Waals surface area contributed by atoms with Crippen molar-refractivity contribution >= 4 is 29.0 Å². The van der Waals surface area contributed by atoms with E-state index in [0.717, 1.165) is 0 Å². The first-order chi connectivity index (χ1) is 22.8. The van der Waals surface area contributed by atoms with Crippen molar-refractivity contribution in [1.82, 2.24) is 5.43 Å². The van der Waals surface area contributed by atoms with Crippen molar-refractivity contribution in [1.29, 1.82) is 0 Å². The highest BCUT2D eigenvalue weighted by molar-refractivity contribution is 6.31. The van der Waals surface area contributed by atoms with E-state index < -0.39 is 95.8 Å². The lowest BCUT2D eigenvalue weighted by Crippen LogP contribution is -2.53. The number of hydrogen-bond donors (Lipinski definition) is 7. The monoisotopic (exact) mass is 669 g/mol. The number of carbonyl (C=O) groups excluding carboxylic acids is 4. The maximum Gasteiger partial charge on any atom is 0.240 e. The molecule has 2 aromatic rings. The molecule has 8 N–H and O–H groups in total. The van der Waals surface area contributed by atoms with Crippen LogP contribution in [0.5, 0.6) is 17.2 Å². The van der Waals surface area contributed by atoms with Crippen molar-refractivity contribution in [2.75, 3.05) is 13.7 Å². The Morgan fingerprint density at radius 3 is 2.48 bits per heavy atom. The van der Waals surface area contributed by atoms with Gasteiger partial charge in [-0.1, -0.05) is 19.1 Å². The van der Waals surface area contributed by atoms with Gasteiger partial charge >= 0.3 is 0 Å². The van der Waals surface area contributed by atoms with Crippen molar-refractivity contribution < 1.29 is 58.9 Å². The van der Waals surface area contributed by atoms with Crippen LogP contribution in [-0.4, -0.2) is 98.4 Å². The van der Waals surface area contributed by atoms with Crippen LogP contribution in [0, 0.1) is 0 Å². The fourth-order valence-corrected chi connectivity index (χ4v) is 6.51. The third kappa shape index (κ3) is 6.20. The van der Waals surface area contributed by atoms with Crippen LogP contribution in [0.2, 0.25) is 0 Å². The number of ether oxygens (including phenoxy) is 3. The molecule has 258 valence electrons. The number of ketones is 3. The second kappa shape index (κ2) is 13.7. The molecule has 6 atom stereocenters. The molecule has 1 fully saturated rings. The zero-order valence-electron chi connectivity index (χ0n) is 26.7. The molecule has 0 spiro atoms. The minimum Gasteiger partial charge on any atom is -0.507 e. The fraction of sp³-hybridized carbons (Fsp3) is 0.485. The maximum atomic E-state index is 13.9. The number of carbonyl (C=O) groups is 4. The number of hydrogen-bond acceptors (Lipinski definition) is 14. The molecule has 48 heavy (non-hydrogen) atoms. The highest BCUT2D eigenvalue weighted by Gasteiger charge is 2.49. The molecule has 2 aliphatic carbocycles. The quantitative estimate of drug-likeness (QED) is 0.0892. The Morgan fingerprint density at radius 2 is 1.83 bits per heavy atom. The van der Waals surface area contributed by atoms with Crippen LogP contribution >= 0.6 is 0 Å². The normalized spacial score (nSPS) is 26.7. The largest absolute Gasteiger partial charge is 0.507 e. The van der Waals surface area contributed by atoms with Gasteiger partial charge < -0.3 is 45.5 Å². The molecule has 15 nitrogen and oxygen atoms in total. The summed E-state index contributed by atoms with van der Waals surface area (Å²) in [6.45, 7) is 2.37. The van der Waals surface area contributed by atoms with Crippen LogP contribution in [0.4, 0.5) is 0 Å². The number of aromatic hydroxyl groups is 2. The molecule has 5 rings (SSSR count). The van der Waals surface area contributed by atoms with Crippen molar-refractivity contribution in [3.63, 3.8) is 0 Å². The van der Waals surface area contributed by atoms with E-state index in [-0.39, 0.29) is 65.2 Å². The molecule has 2 aromatic carbocycles. The number of nitrogens with one attached hydrogen (secondary N) is 1. The number of phenolic OH excluding ortho intramolecular Hbond substituents is 2.